The molecule has 4 rings (SSSR count). The van der Waals surface area contributed by atoms with E-state index in [1.165, 1.54) is 12.1 Å². The third-order valence-corrected chi connectivity index (χ3v) is 7.06. The highest BCUT2D eigenvalue weighted by molar-refractivity contribution is 7.89. The average molecular weight is 510 g/mol. The Labute approximate surface area is 209 Å². The Balaban J connectivity index is 1.60. The molecule has 0 spiro atoms. The van der Waals surface area contributed by atoms with Crippen LogP contribution in [0.15, 0.2) is 62.9 Å². The van der Waals surface area contributed by atoms with Crippen LogP contribution < -0.4 is 10.1 Å². The van der Waals surface area contributed by atoms with E-state index in [1.54, 1.807) is 50.2 Å². The van der Waals surface area contributed by atoms with E-state index < -0.39 is 21.9 Å². The number of hydrogen-bond acceptors (Lipinski definition) is 7. The lowest BCUT2D eigenvalue weighted by atomic mass is 9.93. The first kappa shape index (κ1) is 25.2. The van der Waals surface area contributed by atoms with E-state index in [0.29, 0.717) is 47.5 Å². The van der Waals surface area contributed by atoms with Gasteiger partial charge < -0.3 is 14.5 Å². The Hall–Kier alpha value is -3.92. The SMILES string of the molecule is CCOC(=O)c1ccccc1NC(=O)c1oc2c(c1C)/C(=N/NS(=O)(=O)c1ccc(C)cc1)CCC2. The number of nitrogens with zero attached hydrogens (tertiary/aromatic N) is 1. The summed E-state index contributed by atoms with van der Waals surface area (Å²) in [7, 11) is -3.85. The number of esters is 1. The van der Waals surface area contributed by atoms with Crippen LogP contribution in [0.3, 0.4) is 0 Å². The summed E-state index contributed by atoms with van der Waals surface area (Å²) in [6, 6.07) is 13.0. The van der Waals surface area contributed by atoms with Crippen LogP contribution in [0.1, 0.15) is 63.1 Å². The molecule has 9 nitrogen and oxygen atoms in total. The third-order valence-electron chi connectivity index (χ3n) is 5.83. The highest BCUT2D eigenvalue weighted by Crippen LogP contribution is 2.31. The van der Waals surface area contributed by atoms with Crippen molar-refractivity contribution in [3.8, 4) is 0 Å². The highest BCUT2D eigenvalue weighted by atomic mass is 32.2. The molecule has 1 heterocycles. The molecule has 0 radical (unpaired) electrons. The van der Waals surface area contributed by atoms with Gasteiger partial charge in [-0.25, -0.2) is 4.79 Å². The van der Waals surface area contributed by atoms with Gasteiger partial charge in [0, 0.05) is 17.5 Å². The van der Waals surface area contributed by atoms with Crippen molar-refractivity contribution in [2.75, 3.05) is 11.9 Å². The van der Waals surface area contributed by atoms with E-state index in [-0.39, 0.29) is 22.8 Å². The van der Waals surface area contributed by atoms with E-state index in [4.69, 9.17) is 9.15 Å². The van der Waals surface area contributed by atoms with Crippen molar-refractivity contribution in [2.45, 2.75) is 44.9 Å². The summed E-state index contributed by atoms with van der Waals surface area (Å²) in [6.45, 7) is 5.51. The number of furan rings is 1. The van der Waals surface area contributed by atoms with Crippen molar-refractivity contribution >= 4 is 33.3 Å². The molecule has 1 amide bonds. The molecule has 1 aliphatic rings. The number of anilines is 1. The standard InChI is InChI=1S/C26H27N3O6S/c1-4-34-26(31)19-8-5-6-9-20(19)27-25(30)24-17(3)23-21(10-7-11-22(23)35-24)28-29-36(32,33)18-14-12-16(2)13-15-18/h5-6,8-9,12-15,29H,4,7,10-11H2,1-3H3,(H,27,30)/b28-21+. The van der Waals surface area contributed by atoms with Gasteiger partial charge in [-0.15, -0.1) is 0 Å². The predicted molar refractivity (Wildman–Crippen MR) is 135 cm³/mol. The second-order valence-electron chi connectivity index (χ2n) is 8.39. The molecule has 2 N–H and O–H groups in total. The number of hydrazone groups is 1. The zero-order valence-electron chi connectivity index (χ0n) is 20.3. The molecule has 2 aromatic carbocycles. The van der Waals surface area contributed by atoms with Crippen LogP contribution in [0.2, 0.25) is 0 Å². The Morgan fingerprint density at radius 3 is 2.50 bits per heavy atom. The minimum absolute atomic E-state index is 0.0784. The number of nitrogens with one attached hydrogen (secondary N) is 2. The van der Waals surface area contributed by atoms with Gasteiger partial charge >= 0.3 is 5.97 Å². The van der Waals surface area contributed by atoms with E-state index in [9.17, 15) is 18.0 Å². The molecule has 188 valence electrons. The van der Waals surface area contributed by atoms with Crippen molar-refractivity contribution in [3.05, 3.63) is 82.3 Å². The molecule has 1 aromatic heterocycles. The number of hydrogen-bond donors (Lipinski definition) is 2. The van der Waals surface area contributed by atoms with E-state index in [0.717, 1.165) is 5.56 Å². The second-order valence-corrected chi connectivity index (χ2v) is 10.1. The smallest absolute Gasteiger partial charge is 0.340 e. The summed E-state index contributed by atoms with van der Waals surface area (Å²) in [6.07, 6.45) is 1.81. The van der Waals surface area contributed by atoms with Gasteiger partial charge in [0.25, 0.3) is 15.9 Å². The van der Waals surface area contributed by atoms with Crippen LogP contribution in [0.25, 0.3) is 0 Å². The molecule has 0 fully saturated rings. The van der Waals surface area contributed by atoms with Crippen LogP contribution in [0.4, 0.5) is 5.69 Å². The van der Waals surface area contributed by atoms with Gasteiger partial charge in [-0.1, -0.05) is 29.8 Å². The molecule has 0 bridgehead atoms. The van der Waals surface area contributed by atoms with Gasteiger partial charge in [-0.05, 0) is 57.9 Å². The fourth-order valence-corrected chi connectivity index (χ4v) is 4.87. The van der Waals surface area contributed by atoms with E-state index >= 15 is 0 Å². The molecule has 1 aliphatic carbocycles. The molecular formula is C26H27N3O6S. The molecule has 0 saturated carbocycles. The zero-order valence-corrected chi connectivity index (χ0v) is 21.1. The summed E-state index contributed by atoms with van der Waals surface area (Å²) in [4.78, 5) is 27.8. The summed E-state index contributed by atoms with van der Waals surface area (Å²) in [5.74, 6) is -0.428. The highest BCUT2D eigenvalue weighted by Gasteiger charge is 2.29. The van der Waals surface area contributed by atoms with Gasteiger partial charge in [0.05, 0.1) is 28.5 Å². The number of carbonyl (C=O) groups is 2. The summed E-state index contributed by atoms with van der Waals surface area (Å²) in [5, 5.41) is 6.92. The largest absolute Gasteiger partial charge is 0.462 e. The van der Waals surface area contributed by atoms with Gasteiger partial charge in [0.2, 0.25) is 0 Å². The van der Waals surface area contributed by atoms with Crippen LogP contribution in [0.5, 0.6) is 0 Å². The number of fused-ring (bicyclic) bond motifs is 1. The maximum Gasteiger partial charge on any atom is 0.340 e. The molecule has 36 heavy (non-hydrogen) atoms. The Morgan fingerprint density at radius 2 is 1.78 bits per heavy atom. The van der Waals surface area contributed by atoms with Crippen molar-refractivity contribution in [3.63, 3.8) is 0 Å². The summed E-state index contributed by atoms with van der Waals surface area (Å²) in [5.41, 5.74) is 3.14. The molecule has 0 atom stereocenters. The van der Waals surface area contributed by atoms with Crippen LogP contribution >= 0.6 is 0 Å². The number of sulfonamides is 1. The lowest BCUT2D eigenvalue weighted by Crippen LogP contribution is -2.22. The van der Waals surface area contributed by atoms with Crippen molar-refractivity contribution < 1.29 is 27.2 Å². The fourth-order valence-electron chi connectivity index (χ4n) is 4.04. The lowest BCUT2D eigenvalue weighted by Gasteiger charge is -2.14. The van der Waals surface area contributed by atoms with Gasteiger partial charge in [-0.3, -0.25) is 4.79 Å². The lowest BCUT2D eigenvalue weighted by molar-refractivity contribution is 0.0527. The first-order valence-corrected chi connectivity index (χ1v) is 13.0. The van der Waals surface area contributed by atoms with Gasteiger partial charge in [0.15, 0.2) is 5.76 Å². The molecule has 3 aromatic rings. The summed E-state index contributed by atoms with van der Waals surface area (Å²) < 4.78 is 36.3. The molecule has 10 heteroatoms. The third kappa shape index (κ3) is 5.18. The zero-order chi connectivity index (χ0) is 25.9. The Bertz CT molecular complexity index is 1440. The van der Waals surface area contributed by atoms with Gasteiger partial charge in [0.1, 0.15) is 5.76 Å². The van der Waals surface area contributed by atoms with Crippen molar-refractivity contribution in [1.29, 1.82) is 0 Å². The number of aryl methyl sites for hydroxylation is 2. The van der Waals surface area contributed by atoms with Crippen molar-refractivity contribution in [1.82, 2.24) is 4.83 Å². The first-order chi connectivity index (χ1) is 17.2. The Kier molecular flexibility index (Phi) is 7.25. The monoisotopic (exact) mass is 509 g/mol. The minimum atomic E-state index is -3.85. The fraction of sp³-hybridized carbons (Fsp3) is 0.269. The van der Waals surface area contributed by atoms with E-state index in [2.05, 4.69) is 15.2 Å². The summed E-state index contributed by atoms with van der Waals surface area (Å²) >= 11 is 0. The molecule has 0 unspecified atom stereocenters. The number of para-hydroxylation sites is 1. The number of rotatable bonds is 7. The molecule has 0 aliphatic heterocycles. The number of ether oxygens (including phenoxy) is 1. The minimum Gasteiger partial charge on any atom is -0.462 e. The number of benzene rings is 2. The normalized spacial score (nSPS) is 14.2. The predicted octanol–water partition coefficient (Wildman–Crippen LogP) is 4.34. The van der Waals surface area contributed by atoms with Crippen molar-refractivity contribution in [2.24, 2.45) is 5.10 Å². The van der Waals surface area contributed by atoms with Gasteiger partial charge in [-0.2, -0.15) is 18.4 Å². The second kappa shape index (κ2) is 10.4. The average Bonchev–Trinajstić information content (AvgIpc) is 3.20. The Morgan fingerprint density at radius 1 is 1.06 bits per heavy atom. The molecular weight excluding hydrogens is 482 g/mol. The van der Waals surface area contributed by atoms with E-state index in [1.807, 2.05) is 6.92 Å². The van der Waals surface area contributed by atoms with Crippen LogP contribution in [-0.4, -0.2) is 32.6 Å². The maximum atomic E-state index is 13.1. The maximum absolute atomic E-state index is 13.1. The topological polar surface area (TPSA) is 127 Å². The quantitative estimate of drug-likeness (QED) is 0.360. The van der Waals surface area contributed by atoms with Crippen LogP contribution in [0, 0.1) is 13.8 Å². The first-order valence-electron chi connectivity index (χ1n) is 11.6. The molecule has 0 saturated heterocycles. The number of carbonyl (C=O) groups excluding carboxylic acids is 2. The number of amides is 1. The van der Waals surface area contributed by atoms with Crippen LogP contribution in [-0.2, 0) is 21.2 Å².